The Morgan fingerprint density at radius 2 is 1.71 bits per heavy atom. The van der Waals surface area contributed by atoms with E-state index in [0.717, 1.165) is 12.5 Å². The summed E-state index contributed by atoms with van der Waals surface area (Å²) in [5.74, 6) is 1.45. The van der Waals surface area contributed by atoms with E-state index in [-0.39, 0.29) is 6.29 Å². The van der Waals surface area contributed by atoms with Crippen molar-refractivity contribution in [3.63, 3.8) is 0 Å². The number of hydrogen-bond acceptors (Lipinski definition) is 2. The lowest BCUT2D eigenvalue weighted by Gasteiger charge is -2.20. The molecule has 0 amide bonds. The molecule has 0 unspecified atom stereocenters. The quantitative estimate of drug-likeness (QED) is 0.645. The van der Waals surface area contributed by atoms with Gasteiger partial charge < -0.3 is 9.47 Å². The second-order valence-corrected chi connectivity index (χ2v) is 4.71. The van der Waals surface area contributed by atoms with Gasteiger partial charge in [0.2, 0.25) is 0 Å². The normalized spacial score (nSPS) is 39.6. The van der Waals surface area contributed by atoms with Gasteiger partial charge in [0.05, 0.1) is 6.61 Å². The van der Waals surface area contributed by atoms with Crippen molar-refractivity contribution in [3.05, 3.63) is 0 Å². The molecule has 1 saturated carbocycles. The number of fused-ring (bicyclic) bond motifs is 1. The molecule has 0 spiro atoms. The maximum Gasteiger partial charge on any atom is 0.160 e. The maximum atomic E-state index is 5.68. The first-order valence-electron chi connectivity index (χ1n) is 6.06. The fraction of sp³-hybridized carbons (Fsp3) is 1.00. The highest BCUT2D eigenvalue weighted by Gasteiger charge is 2.36. The van der Waals surface area contributed by atoms with Crippen LogP contribution >= 0.6 is 0 Å². The van der Waals surface area contributed by atoms with E-state index in [1.54, 1.807) is 7.11 Å². The highest BCUT2D eigenvalue weighted by molar-refractivity contribution is 4.80. The van der Waals surface area contributed by atoms with Crippen molar-refractivity contribution in [2.75, 3.05) is 13.7 Å². The van der Waals surface area contributed by atoms with E-state index in [0.29, 0.717) is 5.92 Å². The SMILES string of the molecule is CO[C@@H]1OC[C@@H]2CCCCCCC[C@H]21. The summed E-state index contributed by atoms with van der Waals surface area (Å²) in [7, 11) is 1.78. The van der Waals surface area contributed by atoms with E-state index >= 15 is 0 Å². The van der Waals surface area contributed by atoms with Gasteiger partial charge in [0, 0.05) is 13.0 Å². The fourth-order valence-electron chi connectivity index (χ4n) is 2.92. The molecule has 1 saturated heterocycles. The van der Waals surface area contributed by atoms with Gasteiger partial charge in [-0.1, -0.05) is 32.1 Å². The summed E-state index contributed by atoms with van der Waals surface area (Å²) in [6.07, 6.45) is 9.76. The van der Waals surface area contributed by atoms with Crippen molar-refractivity contribution >= 4 is 0 Å². The molecule has 2 rings (SSSR count). The minimum atomic E-state index is 0.0955. The summed E-state index contributed by atoms with van der Waals surface area (Å²) < 4.78 is 11.1. The molecule has 0 aromatic carbocycles. The Morgan fingerprint density at radius 1 is 1.00 bits per heavy atom. The first kappa shape index (κ1) is 10.4. The zero-order chi connectivity index (χ0) is 9.80. The lowest BCUT2D eigenvalue weighted by atomic mass is 9.87. The van der Waals surface area contributed by atoms with Gasteiger partial charge in [-0.15, -0.1) is 0 Å². The lowest BCUT2D eigenvalue weighted by Crippen LogP contribution is -2.22. The van der Waals surface area contributed by atoms with Crippen LogP contribution in [0.1, 0.15) is 44.9 Å². The Hall–Kier alpha value is -0.0800. The molecule has 3 atom stereocenters. The molecule has 1 aliphatic carbocycles. The predicted octanol–water partition coefficient (Wildman–Crippen LogP) is 2.97. The van der Waals surface area contributed by atoms with E-state index in [1.807, 2.05) is 0 Å². The minimum absolute atomic E-state index is 0.0955. The Bertz CT molecular complexity index is 170. The highest BCUT2D eigenvalue weighted by atomic mass is 16.7. The second-order valence-electron chi connectivity index (χ2n) is 4.71. The molecular formula is C12H22O2. The van der Waals surface area contributed by atoms with Gasteiger partial charge >= 0.3 is 0 Å². The largest absolute Gasteiger partial charge is 0.356 e. The topological polar surface area (TPSA) is 18.5 Å². The van der Waals surface area contributed by atoms with Crippen molar-refractivity contribution < 1.29 is 9.47 Å². The molecule has 14 heavy (non-hydrogen) atoms. The van der Waals surface area contributed by atoms with Crippen LogP contribution in [0.4, 0.5) is 0 Å². The van der Waals surface area contributed by atoms with Crippen LogP contribution in [0.3, 0.4) is 0 Å². The molecule has 2 nitrogen and oxygen atoms in total. The Morgan fingerprint density at radius 3 is 2.50 bits per heavy atom. The molecule has 0 aromatic rings. The first-order chi connectivity index (χ1) is 6.92. The van der Waals surface area contributed by atoms with Crippen LogP contribution in [0, 0.1) is 11.8 Å². The number of rotatable bonds is 1. The summed E-state index contributed by atoms with van der Waals surface area (Å²) >= 11 is 0. The standard InChI is InChI=1S/C12H22O2/c1-13-12-11-8-6-4-2-3-5-7-10(11)9-14-12/h10-12H,2-9H2,1H3/t10-,11+,12+/m0/s1. The molecule has 2 fully saturated rings. The van der Waals surface area contributed by atoms with Crippen LogP contribution in [0.5, 0.6) is 0 Å². The van der Waals surface area contributed by atoms with Crippen molar-refractivity contribution in [1.29, 1.82) is 0 Å². The number of ether oxygens (including phenoxy) is 2. The Labute approximate surface area is 87.0 Å². The molecule has 0 bridgehead atoms. The number of hydrogen-bond donors (Lipinski definition) is 0. The third-order valence-electron chi connectivity index (χ3n) is 3.77. The fourth-order valence-corrected chi connectivity index (χ4v) is 2.92. The second kappa shape index (κ2) is 5.13. The van der Waals surface area contributed by atoms with Crippen molar-refractivity contribution in [1.82, 2.24) is 0 Å². The number of methoxy groups -OCH3 is 1. The smallest absolute Gasteiger partial charge is 0.160 e. The van der Waals surface area contributed by atoms with Crippen LogP contribution < -0.4 is 0 Å². The predicted molar refractivity (Wildman–Crippen MR) is 56.0 cm³/mol. The van der Waals surface area contributed by atoms with Crippen LogP contribution in [-0.4, -0.2) is 20.0 Å². The van der Waals surface area contributed by atoms with Crippen molar-refractivity contribution in [3.8, 4) is 0 Å². The molecule has 1 heterocycles. The summed E-state index contributed by atoms with van der Waals surface area (Å²) in [5.41, 5.74) is 0. The molecular weight excluding hydrogens is 176 g/mol. The van der Waals surface area contributed by atoms with E-state index < -0.39 is 0 Å². The zero-order valence-corrected chi connectivity index (χ0v) is 9.21. The summed E-state index contributed by atoms with van der Waals surface area (Å²) in [5, 5.41) is 0. The van der Waals surface area contributed by atoms with E-state index in [2.05, 4.69) is 0 Å². The van der Waals surface area contributed by atoms with Crippen LogP contribution in [0.15, 0.2) is 0 Å². The van der Waals surface area contributed by atoms with Gasteiger partial charge in [0.15, 0.2) is 6.29 Å². The van der Waals surface area contributed by atoms with Gasteiger partial charge in [0.25, 0.3) is 0 Å². The van der Waals surface area contributed by atoms with Gasteiger partial charge in [-0.05, 0) is 18.8 Å². The van der Waals surface area contributed by atoms with Gasteiger partial charge in [-0.25, -0.2) is 0 Å². The molecule has 2 heteroatoms. The lowest BCUT2D eigenvalue weighted by molar-refractivity contribution is -0.111. The van der Waals surface area contributed by atoms with Crippen molar-refractivity contribution in [2.45, 2.75) is 51.2 Å². The van der Waals surface area contributed by atoms with Crippen LogP contribution in [-0.2, 0) is 9.47 Å². The summed E-state index contributed by atoms with van der Waals surface area (Å²) in [4.78, 5) is 0. The van der Waals surface area contributed by atoms with E-state index in [9.17, 15) is 0 Å². The van der Waals surface area contributed by atoms with Crippen LogP contribution in [0.2, 0.25) is 0 Å². The van der Waals surface area contributed by atoms with Crippen molar-refractivity contribution in [2.24, 2.45) is 11.8 Å². The van der Waals surface area contributed by atoms with E-state index in [1.165, 1.54) is 44.9 Å². The Kier molecular flexibility index (Phi) is 3.82. The zero-order valence-electron chi connectivity index (χ0n) is 9.21. The summed E-state index contributed by atoms with van der Waals surface area (Å²) in [6.45, 7) is 0.934. The molecule has 0 radical (unpaired) electrons. The molecule has 2 aliphatic rings. The average molecular weight is 198 g/mol. The van der Waals surface area contributed by atoms with Gasteiger partial charge in [-0.2, -0.15) is 0 Å². The van der Waals surface area contributed by atoms with Crippen LogP contribution in [0.25, 0.3) is 0 Å². The monoisotopic (exact) mass is 198 g/mol. The molecule has 1 aliphatic heterocycles. The minimum Gasteiger partial charge on any atom is -0.356 e. The van der Waals surface area contributed by atoms with Gasteiger partial charge in [-0.3, -0.25) is 0 Å². The third-order valence-corrected chi connectivity index (χ3v) is 3.77. The van der Waals surface area contributed by atoms with E-state index in [4.69, 9.17) is 9.47 Å². The molecule has 0 N–H and O–H groups in total. The molecule has 82 valence electrons. The summed E-state index contributed by atoms with van der Waals surface area (Å²) in [6, 6.07) is 0. The average Bonchev–Trinajstić information content (AvgIpc) is 2.61. The first-order valence-corrected chi connectivity index (χ1v) is 6.06. The van der Waals surface area contributed by atoms with Gasteiger partial charge in [0.1, 0.15) is 0 Å². The highest BCUT2D eigenvalue weighted by Crippen LogP contribution is 2.36. The molecule has 0 aromatic heterocycles. The third kappa shape index (κ3) is 2.29. The maximum absolute atomic E-state index is 5.68. The Balaban J connectivity index is 1.94.